The number of carbonyl (C=O) groups is 1. The lowest BCUT2D eigenvalue weighted by molar-refractivity contribution is -0.131. The minimum absolute atomic E-state index is 0.647. The standard InChI is InChI=1S/C16H18BrNO2/c17-13-4-7-15(12(9-13)3-8-16(19)20)18(14-5-6-14)10-11-1-2-11/h3-4,7-9,11,14H,1-2,5-6,10H2,(H,19,20)/b8-3+. The molecule has 20 heavy (non-hydrogen) atoms. The van der Waals surface area contributed by atoms with Crippen LogP contribution in [0.1, 0.15) is 31.2 Å². The quantitative estimate of drug-likeness (QED) is 0.801. The number of hydrogen-bond acceptors (Lipinski definition) is 2. The Morgan fingerprint density at radius 2 is 2.10 bits per heavy atom. The maximum absolute atomic E-state index is 10.8. The van der Waals surface area contributed by atoms with Gasteiger partial charge in [-0.3, -0.25) is 0 Å². The van der Waals surface area contributed by atoms with Crippen molar-refractivity contribution in [3.63, 3.8) is 0 Å². The molecule has 0 aromatic heterocycles. The first-order chi connectivity index (χ1) is 9.63. The van der Waals surface area contributed by atoms with Gasteiger partial charge in [0.2, 0.25) is 0 Å². The second-order valence-electron chi connectivity index (χ2n) is 5.70. The second kappa shape index (κ2) is 5.60. The highest BCUT2D eigenvalue weighted by molar-refractivity contribution is 9.10. The first-order valence-corrected chi connectivity index (χ1v) is 7.90. The number of carboxylic acid groups (broad SMARTS) is 1. The summed E-state index contributed by atoms with van der Waals surface area (Å²) in [6.45, 7) is 1.11. The van der Waals surface area contributed by atoms with E-state index < -0.39 is 5.97 Å². The van der Waals surface area contributed by atoms with E-state index in [9.17, 15) is 4.79 Å². The average Bonchev–Trinajstić information content (AvgIpc) is 3.26. The Morgan fingerprint density at radius 3 is 2.70 bits per heavy atom. The van der Waals surface area contributed by atoms with Gasteiger partial charge in [-0.1, -0.05) is 15.9 Å². The molecule has 2 aliphatic rings. The Morgan fingerprint density at radius 1 is 1.35 bits per heavy atom. The molecule has 1 N–H and O–H groups in total. The van der Waals surface area contributed by atoms with E-state index in [1.165, 1.54) is 37.4 Å². The van der Waals surface area contributed by atoms with Crippen LogP contribution in [0.15, 0.2) is 28.7 Å². The molecule has 0 aliphatic heterocycles. The molecule has 0 amide bonds. The van der Waals surface area contributed by atoms with E-state index in [0.29, 0.717) is 6.04 Å². The zero-order chi connectivity index (χ0) is 14.1. The van der Waals surface area contributed by atoms with E-state index >= 15 is 0 Å². The molecule has 2 saturated carbocycles. The molecule has 1 aromatic rings. The molecule has 0 radical (unpaired) electrons. The van der Waals surface area contributed by atoms with Crippen molar-refractivity contribution in [1.29, 1.82) is 0 Å². The molecule has 0 heterocycles. The van der Waals surface area contributed by atoms with Crippen LogP contribution in [0.3, 0.4) is 0 Å². The zero-order valence-corrected chi connectivity index (χ0v) is 12.8. The molecule has 3 rings (SSSR count). The van der Waals surface area contributed by atoms with Crippen LogP contribution in [0.4, 0.5) is 5.69 Å². The average molecular weight is 336 g/mol. The van der Waals surface area contributed by atoms with Crippen LogP contribution in [-0.2, 0) is 4.79 Å². The monoisotopic (exact) mass is 335 g/mol. The molecule has 0 atom stereocenters. The fourth-order valence-corrected chi connectivity index (χ4v) is 2.87. The molecule has 0 unspecified atom stereocenters. The maximum atomic E-state index is 10.8. The summed E-state index contributed by atoms with van der Waals surface area (Å²) in [7, 11) is 0. The largest absolute Gasteiger partial charge is 0.478 e. The highest BCUT2D eigenvalue weighted by Crippen LogP contribution is 2.39. The third-order valence-corrected chi connectivity index (χ3v) is 4.34. The van der Waals surface area contributed by atoms with Crippen molar-refractivity contribution in [3.8, 4) is 0 Å². The SMILES string of the molecule is O=C(O)/C=C/c1cc(Br)ccc1N(CC1CC1)C1CC1. The molecule has 1 aromatic carbocycles. The van der Waals surface area contributed by atoms with Crippen molar-refractivity contribution in [2.45, 2.75) is 31.7 Å². The lowest BCUT2D eigenvalue weighted by atomic mass is 10.1. The highest BCUT2D eigenvalue weighted by Gasteiger charge is 2.34. The summed E-state index contributed by atoms with van der Waals surface area (Å²) in [5.74, 6) is -0.0772. The number of carboxylic acids is 1. The molecule has 0 saturated heterocycles. The number of benzene rings is 1. The Hall–Kier alpha value is -1.29. The minimum atomic E-state index is -0.906. The van der Waals surface area contributed by atoms with Gasteiger partial charge in [-0.25, -0.2) is 4.79 Å². The van der Waals surface area contributed by atoms with Gasteiger partial charge >= 0.3 is 5.97 Å². The van der Waals surface area contributed by atoms with Crippen molar-refractivity contribution >= 4 is 33.7 Å². The van der Waals surface area contributed by atoms with Crippen LogP contribution < -0.4 is 4.90 Å². The lowest BCUT2D eigenvalue weighted by Crippen LogP contribution is -2.28. The summed E-state index contributed by atoms with van der Waals surface area (Å²) >= 11 is 3.47. The molecule has 4 heteroatoms. The predicted molar refractivity (Wildman–Crippen MR) is 83.9 cm³/mol. The molecule has 2 fully saturated rings. The zero-order valence-electron chi connectivity index (χ0n) is 11.3. The number of hydrogen-bond donors (Lipinski definition) is 1. The third kappa shape index (κ3) is 3.42. The summed E-state index contributed by atoms with van der Waals surface area (Å²) in [6.07, 6.45) is 8.09. The Balaban J connectivity index is 1.90. The maximum Gasteiger partial charge on any atom is 0.328 e. The van der Waals surface area contributed by atoms with Crippen molar-refractivity contribution < 1.29 is 9.90 Å². The van der Waals surface area contributed by atoms with E-state index in [2.05, 4.69) is 26.9 Å². The van der Waals surface area contributed by atoms with Gasteiger partial charge in [0, 0.05) is 28.8 Å². The smallest absolute Gasteiger partial charge is 0.328 e. The third-order valence-electron chi connectivity index (χ3n) is 3.84. The Bertz CT molecular complexity index is 547. The van der Waals surface area contributed by atoms with Gasteiger partial charge in [0.25, 0.3) is 0 Å². The van der Waals surface area contributed by atoms with Gasteiger partial charge in [0.05, 0.1) is 0 Å². The fraction of sp³-hybridized carbons (Fsp3) is 0.438. The van der Waals surface area contributed by atoms with Gasteiger partial charge in [0.15, 0.2) is 0 Å². The van der Waals surface area contributed by atoms with Crippen LogP contribution in [0.2, 0.25) is 0 Å². The van der Waals surface area contributed by atoms with E-state index in [1.54, 1.807) is 6.08 Å². The normalized spacial score (nSPS) is 18.4. The van der Waals surface area contributed by atoms with Crippen LogP contribution in [0.5, 0.6) is 0 Å². The highest BCUT2D eigenvalue weighted by atomic mass is 79.9. The van der Waals surface area contributed by atoms with Gasteiger partial charge in [0.1, 0.15) is 0 Å². The van der Waals surface area contributed by atoms with Gasteiger partial charge < -0.3 is 10.0 Å². The van der Waals surface area contributed by atoms with Crippen LogP contribution in [-0.4, -0.2) is 23.7 Å². The van der Waals surface area contributed by atoms with Gasteiger partial charge in [-0.05, 0) is 61.4 Å². The summed E-state index contributed by atoms with van der Waals surface area (Å²) in [5, 5.41) is 8.84. The van der Waals surface area contributed by atoms with E-state index in [-0.39, 0.29) is 0 Å². The summed E-state index contributed by atoms with van der Waals surface area (Å²) < 4.78 is 0.980. The molecule has 0 bridgehead atoms. The second-order valence-corrected chi connectivity index (χ2v) is 6.62. The molecular weight excluding hydrogens is 318 g/mol. The Kier molecular flexibility index (Phi) is 3.83. The predicted octanol–water partition coefficient (Wildman–Crippen LogP) is 3.93. The minimum Gasteiger partial charge on any atom is -0.478 e. The first kappa shape index (κ1) is 13.7. The summed E-state index contributed by atoms with van der Waals surface area (Å²) in [4.78, 5) is 13.2. The fourth-order valence-electron chi connectivity index (χ4n) is 2.49. The molecular formula is C16H18BrNO2. The number of rotatable bonds is 6. The topological polar surface area (TPSA) is 40.5 Å². The number of anilines is 1. The van der Waals surface area contributed by atoms with Crippen molar-refractivity contribution in [3.05, 3.63) is 34.3 Å². The van der Waals surface area contributed by atoms with E-state index in [0.717, 1.165) is 22.5 Å². The van der Waals surface area contributed by atoms with E-state index in [4.69, 9.17) is 5.11 Å². The van der Waals surface area contributed by atoms with Crippen LogP contribution in [0, 0.1) is 5.92 Å². The molecule has 0 spiro atoms. The van der Waals surface area contributed by atoms with Crippen LogP contribution in [0.25, 0.3) is 6.08 Å². The Labute approximate surface area is 127 Å². The van der Waals surface area contributed by atoms with Gasteiger partial charge in [-0.15, -0.1) is 0 Å². The summed E-state index contributed by atoms with van der Waals surface area (Å²) in [5.41, 5.74) is 2.15. The number of aliphatic carboxylic acids is 1. The van der Waals surface area contributed by atoms with Crippen molar-refractivity contribution in [2.24, 2.45) is 5.92 Å². The molecule has 2 aliphatic carbocycles. The molecule has 106 valence electrons. The summed E-state index contributed by atoms with van der Waals surface area (Å²) in [6, 6.07) is 6.78. The first-order valence-electron chi connectivity index (χ1n) is 7.10. The lowest BCUT2D eigenvalue weighted by Gasteiger charge is -2.26. The molecule has 3 nitrogen and oxygen atoms in total. The number of nitrogens with zero attached hydrogens (tertiary/aromatic N) is 1. The number of halogens is 1. The van der Waals surface area contributed by atoms with E-state index in [1.807, 2.05) is 12.1 Å². The van der Waals surface area contributed by atoms with Gasteiger partial charge in [-0.2, -0.15) is 0 Å². The van der Waals surface area contributed by atoms with Crippen molar-refractivity contribution in [2.75, 3.05) is 11.4 Å². The van der Waals surface area contributed by atoms with Crippen LogP contribution >= 0.6 is 15.9 Å². The van der Waals surface area contributed by atoms with Crippen molar-refractivity contribution in [1.82, 2.24) is 0 Å².